The molecule has 6 aliphatic rings. The van der Waals surface area contributed by atoms with E-state index in [4.69, 9.17) is 0 Å². The molecule has 4 N–H and O–H groups in total. The third-order valence-corrected chi connectivity index (χ3v) is 17.5. The van der Waals surface area contributed by atoms with Crippen molar-refractivity contribution >= 4 is 66.8 Å². The average molecular weight is 747 g/mol. The molecule has 4 amide bonds. The lowest BCUT2D eigenvalue weighted by Crippen LogP contribution is -2.77. The number of likely N-dealkylation sites (N-methyl/N-ethyl adjacent to an activating group) is 4. The number of benzene rings is 2. The molecule has 0 saturated carbocycles. The van der Waals surface area contributed by atoms with Gasteiger partial charge in [-0.05, 0) is 63.4 Å². The highest BCUT2D eigenvalue weighted by Gasteiger charge is 2.68. The van der Waals surface area contributed by atoms with Crippen molar-refractivity contribution in [1.29, 1.82) is 0 Å². The van der Waals surface area contributed by atoms with Crippen molar-refractivity contribution in [2.45, 2.75) is 51.8 Å². The first-order valence-electron chi connectivity index (χ1n) is 16.1. The summed E-state index contributed by atoms with van der Waals surface area (Å²) in [5.74, 6) is -0.831. The second-order valence-corrected chi connectivity index (χ2v) is 18.3. The second kappa shape index (κ2) is 13.9. The van der Waals surface area contributed by atoms with Gasteiger partial charge in [0.2, 0.25) is 9.74 Å². The Labute approximate surface area is 302 Å². The largest absolute Gasteiger partial charge is 0.392 e. The number of hydrogen-bond acceptors (Lipinski definition) is 12. The highest BCUT2D eigenvalue weighted by molar-refractivity contribution is 8.78. The third kappa shape index (κ3) is 5.85. The Bertz CT molecular complexity index is 1500. The molecule has 0 aliphatic carbocycles. The Balaban J connectivity index is 0.915. The molecular formula is C33H42N6O6S4. The average Bonchev–Trinajstić information content (AvgIpc) is 3.11. The smallest absolute Gasteiger partial charge is 0.263 e. The molecule has 8 rings (SSSR count). The van der Waals surface area contributed by atoms with E-state index in [2.05, 4.69) is 10.6 Å². The van der Waals surface area contributed by atoms with Crippen LogP contribution in [0.25, 0.3) is 0 Å². The first-order chi connectivity index (χ1) is 23.4. The molecule has 16 heteroatoms. The van der Waals surface area contributed by atoms with E-state index in [1.54, 1.807) is 28.2 Å². The van der Waals surface area contributed by atoms with Gasteiger partial charge in [-0.25, -0.2) is 0 Å². The van der Waals surface area contributed by atoms with Crippen LogP contribution in [0.15, 0.2) is 48.5 Å². The maximum atomic E-state index is 13.3. The molecule has 6 saturated heterocycles. The van der Waals surface area contributed by atoms with Crippen LogP contribution >= 0.6 is 43.2 Å². The Kier molecular flexibility index (Phi) is 10.3. The maximum absolute atomic E-state index is 13.3. The van der Waals surface area contributed by atoms with Gasteiger partial charge in [0, 0.05) is 54.1 Å². The Morgan fingerprint density at radius 1 is 0.510 bits per heavy atom. The number of nitrogens with one attached hydrogen (secondary N) is 2. The fourth-order valence-electron chi connectivity index (χ4n) is 6.67. The summed E-state index contributed by atoms with van der Waals surface area (Å²) in [7, 11) is 11.7. The normalized spacial score (nSPS) is 29.5. The van der Waals surface area contributed by atoms with Crippen molar-refractivity contribution in [3.05, 3.63) is 70.8 Å². The second-order valence-electron chi connectivity index (χ2n) is 12.9. The quantitative estimate of drug-likeness (QED) is 0.164. The summed E-state index contributed by atoms with van der Waals surface area (Å²) in [5, 5.41) is 26.8. The van der Waals surface area contributed by atoms with Gasteiger partial charge in [-0.1, -0.05) is 70.1 Å². The van der Waals surface area contributed by atoms with Gasteiger partial charge >= 0.3 is 0 Å². The molecule has 2 aromatic carbocycles. The summed E-state index contributed by atoms with van der Waals surface area (Å²) >= 11 is 0. The minimum absolute atomic E-state index is 0.168. The number of amides is 4. The number of rotatable bonds is 14. The van der Waals surface area contributed by atoms with Crippen LogP contribution in [-0.2, 0) is 45.1 Å². The molecule has 0 radical (unpaired) electrons. The lowest BCUT2D eigenvalue weighted by Gasteiger charge is -2.58. The van der Waals surface area contributed by atoms with Crippen LogP contribution in [0.1, 0.15) is 28.7 Å². The first kappa shape index (κ1) is 36.4. The maximum Gasteiger partial charge on any atom is 0.263 e. The van der Waals surface area contributed by atoms with Crippen molar-refractivity contribution < 1.29 is 29.4 Å². The number of fused-ring (bicyclic) bond motifs is 6. The highest BCUT2D eigenvalue weighted by atomic mass is 33.1. The van der Waals surface area contributed by atoms with Crippen LogP contribution in [0.3, 0.4) is 0 Å². The number of aliphatic hydroxyl groups excluding tert-OH is 2. The van der Waals surface area contributed by atoms with E-state index < -0.39 is 32.7 Å². The van der Waals surface area contributed by atoms with E-state index >= 15 is 0 Å². The SMILES string of the molecule is CN1C(=O)[C@]2(Cc3ccc(CNCCCNCc4ccc(C[C@@]56SS[C@@](CO)(C(=O)N5C)N(C)C6=O)cc4)cc3)SS[C@@]1(CO)C(=O)N2C. The zero-order chi connectivity index (χ0) is 35.2. The van der Waals surface area contributed by atoms with Gasteiger partial charge in [-0.2, -0.15) is 0 Å². The molecule has 2 aromatic rings. The van der Waals surface area contributed by atoms with Gasteiger partial charge in [0.05, 0.1) is 13.2 Å². The van der Waals surface area contributed by atoms with Crippen molar-refractivity contribution in [2.24, 2.45) is 0 Å². The van der Waals surface area contributed by atoms with E-state index in [1.807, 2.05) is 48.5 Å². The molecule has 6 heterocycles. The Morgan fingerprint density at radius 2 is 0.796 bits per heavy atom. The lowest BCUT2D eigenvalue weighted by molar-refractivity contribution is -0.165. The molecule has 0 unspecified atom stereocenters. The Hall–Kier alpha value is -2.44. The molecule has 49 heavy (non-hydrogen) atoms. The van der Waals surface area contributed by atoms with Gasteiger partial charge in [0.15, 0.2) is 9.74 Å². The molecule has 0 spiro atoms. The highest BCUT2D eigenvalue weighted by Crippen LogP contribution is 2.60. The number of nitrogens with zero attached hydrogens (tertiary/aromatic N) is 4. The molecule has 12 nitrogen and oxygen atoms in total. The van der Waals surface area contributed by atoms with Crippen LogP contribution < -0.4 is 10.6 Å². The molecule has 0 aromatic heterocycles. The predicted octanol–water partition coefficient (Wildman–Crippen LogP) is 1.46. The third-order valence-electron chi connectivity index (χ3n) is 10.1. The van der Waals surface area contributed by atoms with Crippen molar-refractivity contribution in [1.82, 2.24) is 30.2 Å². The van der Waals surface area contributed by atoms with E-state index in [0.717, 1.165) is 54.9 Å². The molecule has 6 aliphatic heterocycles. The minimum atomic E-state index is -1.25. The number of hydrogen-bond donors (Lipinski definition) is 4. The van der Waals surface area contributed by atoms with E-state index in [-0.39, 0.29) is 23.6 Å². The fraction of sp³-hybridized carbons (Fsp3) is 0.515. The number of aliphatic hydroxyl groups is 2. The van der Waals surface area contributed by atoms with Gasteiger partial charge in [0.25, 0.3) is 23.6 Å². The van der Waals surface area contributed by atoms with Crippen LogP contribution in [0, 0.1) is 0 Å². The minimum Gasteiger partial charge on any atom is -0.392 e. The standard InChI is InChI=1S/C33H42N6O6S4/c1-36-28(44)32(20-40)38(3)26(42)30(36,46-48-32)16-22-6-10-24(11-7-22)18-34-14-5-15-35-19-25-12-8-23(9-13-25)17-31-27(43)39(4)33(21-41,49-47-31)29(45)37(31)2/h6-13,34-35,40-41H,5,14-21H2,1-4H3/t30-,31-,32-,33-/m0/s1. The lowest BCUT2D eigenvalue weighted by atomic mass is 9.97. The van der Waals surface area contributed by atoms with Crippen molar-refractivity contribution in [3.8, 4) is 0 Å². The van der Waals surface area contributed by atoms with Gasteiger partial charge in [-0.15, -0.1) is 0 Å². The number of carbonyl (C=O) groups excluding carboxylic acids is 4. The Morgan fingerprint density at radius 3 is 1.14 bits per heavy atom. The molecule has 4 bridgehead atoms. The van der Waals surface area contributed by atoms with E-state index in [1.165, 1.54) is 62.8 Å². The van der Waals surface area contributed by atoms with Crippen LogP contribution in [0.4, 0.5) is 0 Å². The topological polar surface area (TPSA) is 146 Å². The zero-order valence-corrected chi connectivity index (χ0v) is 31.2. The van der Waals surface area contributed by atoms with E-state index in [9.17, 15) is 29.4 Å². The summed E-state index contributed by atoms with van der Waals surface area (Å²) < 4.78 is 0. The number of piperazine rings is 2. The number of carbonyl (C=O) groups is 4. The van der Waals surface area contributed by atoms with E-state index in [0.29, 0.717) is 12.8 Å². The van der Waals surface area contributed by atoms with Crippen molar-refractivity contribution in [3.63, 3.8) is 0 Å². The molecule has 4 atom stereocenters. The van der Waals surface area contributed by atoms with Gasteiger partial charge in [0.1, 0.15) is 0 Å². The van der Waals surface area contributed by atoms with Gasteiger partial charge in [-0.3, -0.25) is 19.2 Å². The predicted molar refractivity (Wildman–Crippen MR) is 195 cm³/mol. The van der Waals surface area contributed by atoms with Gasteiger partial charge < -0.3 is 40.4 Å². The monoisotopic (exact) mass is 746 g/mol. The molecule has 264 valence electrons. The summed E-state index contributed by atoms with van der Waals surface area (Å²) in [6.45, 7) is 2.28. The summed E-state index contributed by atoms with van der Waals surface area (Å²) in [5.41, 5.74) is 4.19. The fourth-order valence-corrected chi connectivity index (χ4v) is 13.9. The summed E-state index contributed by atoms with van der Waals surface area (Å²) in [6, 6.07) is 16.2. The summed E-state index contributed by atoms with van der Waals surface area (Å²) in [6.07, 6.45) is 1.72. The molecular weight excluding hydrogens is 705 g/mol. The zero-order valence-electron chi connectivity index (χ0n) is 27.9. The van der Waals surface area contributed by atoms with Crippen LogP contribution in [0.2, 0.25) is 0 Å². The van der Waals surface area contributed by atoms with Crippen LogP contribution in [0.5, 0.6) is 0 Å². The van der Waals surface area contributed by atoms with Crippen molar-refractivity contribution in [2.75, 3.05) is 54.5 Å². The molecule has 6 fully saturated rings. The first-order valence-corrected chi connectivity index (χ1v) is 20.4. The summed E-state index contributed by atoms with van der Waals surface area (Å²) in [4.78, 5) is 54.1. The van der Waals surface area contributed by atoms with Crippen LogP contribution in [-0.4, -0.2) is 127 Å².